The summed E-state index contributed by atoms with van der Waals surface area (Å²) < 4.78 is 0. The molecule has 0 aliphatic carbocycles. The normalized spacial score (nSPS) is 18.7. The molecule has 1 N–H and O–H groups in total. The highest BCUT2D eigenvalue weighted by atomic mass is 32.2. The van der Waals surface area contributed by atoms with Crippen molar-refractivity contribution in [3.05, 3.63) is 17.5 Å². The second-order valence-corrected chi connectivity index (χ2v) is 1.94. The number of rotatable bonds is 1. The average Bonchev–Trinajstić information content (AvgIpc) is 2.14. The molecule has 1 rings (SSSR count). The zero-order valence-electron chi connectivity index (χ0n) is 3.53. The topological polar surface area (TPSA) is 15.3 Å². The van der Waals surface area contributed by atoms with Crippen molar-refractivity contribution in [3.63, 3.8) is 0 Å². The Morgan fingerprint density at radius 3 is 3.00 bits per heavy atom. The van der Waals surface area contributed by atoms with Gasteiger partial charge in [0.15, 0.2) is 0 Å². The molecular formula is C3H5N2S2. The van der Waals surface area contributed by atoms with E-state index in [1.54, 1.807) is 10.9 Å². The molecule has 0 unspecified atom stereocenters. The molecule has 0 bridgehead atoms. The van der Waals surface area contributed by atoms with Crippen LogP contribution in [-0.4, -0.2) is 5.01 Å². The van der Waals surface area contributed by atoms with Crippen LogP contribution in [0.15, 0.2) is 11.6 Å². The Morgan fingerprint density at radius 2 is 2.71 bits per heavy atom. The summed E-state index contributed by atoms with van der Waals surface area (Å²) in [4.78, 5) is 2.91. The van der Waals surface area contributed by atoms with Gasteiger partial charge in [-0.25, -0.2) is 0 Å². The van der Waals surface area contributed by atoms with Crippen LogP contribution in [0, 0.1) is 5.88 Å². The van der Waals surface area contributed by atoms with Crippen LogP contribution in [0.25, 0.3) is 0 Å². The first kappa shape index (κ1) is 5.34. The minimum atomic E-state index is 1.52. The largest absolute Gasteiger partial charge is 0.289 e. The molecule has 0 aromatic heterocycles. The molecule has 0 aromatic rings. The molecule has 0 aromatic carbocycles. The number of nitrogens with zero attached hydrogens (tertiary/aromatic N) is 1. The van der Waals surface area contributed by atoms with Crippen LogP contribution in [-0.2, 0) is 0 Å². The smallest absolute Gasteiger partial charge is 0.119 e. The molecule has 0 saturated carbocycles. The predicted molar refractivity (Wildman–Crippen MR) is 35.0 cm³/mol. The van der Waals surface area contributed by atoms with Gasteiger partial charge in [-0.1, -0.05) is 0 Å². The van der Waals surface area contributed by atoms with E-state index in [2.05, 4.69) is 17.5 Å². The number of nitrogens with one attached hydrogen (secondary N) is 1. The number of thiol groups is 1. The Morgan fingerprint density at radius 1 is 1.86 bits per heavy atom. The summed E-state index contributed by atoms with van der Waals surface area (Å²) in [5, 5.41) is 3.69. The van der Waals surface area contributed by atoms with Crippen molar-refractivity contribution in [2.45, 2.75) is 0 Å². The third-order valence-electron chi connectivity index (χ3n) is 0.572. The fourth-order valence-corrected chi connectivity index (χ4v) is 0.981. The van der Waals surface area contributed by atoms with Crippen LogP contribution >= 0.6 is 24.6 Å². The molecule has 1 aliphatic heterocycles. The highest BCUT2D eigenvalue weighted by Crippen LogP contribution is 2.09. The first-order valence-electron chi connectivity index (χ1n) is 1.77. The summed E-state index contributed by atoms with van der Waals surface area (Å²) in [6, 6.07) is 0. The molecule has 1 radical (unpaired) electrons. The minimum absolute atomic E-state index is 1.52. The Balaban J connectivity index is 2.28. The second-order valence-electron chi connectivity index (χ2n) is 1.02. The maximum atomic E-state index is 3.89. The predicted octanol–water partition coefficient (Wildman–Crippen LogP) is 0.975. The van der Waals surface area contributed by atoms with Crippen molar-refractivity contribution in [2.75, 3.05) is 0 Å². The van der Waals surface area contributed by atoms with Crippen molar-refractivity contribution in [1.82, 2.24) is 9.84 Å². The van der Waals surface area contributed by atoms with Gasteiger partial charge in [-0.15, -0.1) is 0 Å². The first-order valence-corrected chi connectivity index (χ1v) is 3.17. The van der Waals surface area contributed by atoms with Crippen LogP contribution < -0.4 is 4.83 Å². The molecular weight excluding hydrogens is 128 g/mol. The van der Waals surface area contributed by atoms with Gasteiger partial charge in [-0.3, -0.25) is 5.01 Å². The van der Waals surface area contributed by atoms with Crippen LogP contribution in [0.1, 0.15) is 0 Å². The van der Waals surface area contributed by atoms with E-state index in [4.69, 9.17) is 0 Å². The van der Waals surface area contributed by atoms with Crippen LogP contribution in [0.5, 0.6) is 0 Å². The summed E-state index contributed by atoms with van der Waals surface area (Å²) in [5.74, 6) is 1.65. The average molecular weight is 133 g/mol. The Bertz CT molecular complexity index is 83.0. The highest BCUT2D eigenvalue weighted by Gasteiger charge is 1.98. The Kier molecular flexibility index (Phi) is 1.90. The monoisotopic (exact) mass is 133 g/mol. The van der Waals surface area contributed by atoms with Gasteiger partial charge in [-0.2, -0.15) is 17.5 Å². The molecule has 0 fully saturated rings. The molecule has 1 aliphatic rings. The van der Waals surface area contributed by atoms with E-state index in [1.807, 2.05) is 11.6 Å². The van der Waals surface area contributed by atoms with E-state index in [0.29, 0.717) is 0 Å². The molecule has 4 heteroatoms. The van der Waals surface area contributed by atoms with E-state index >= 15 is 0 Å². The van der Waals surface area contributed by atoms with E-state index in [0.717, 1.165) is 0 Å². The summed E-state index contributed by atoms with van der Waals surface area (Å²) >= 11 is 5.41. The minimum Gasteiger partial charge on any atom is -0.289 e. The zero-order valence-corrected chi connectivity index (χ0v) is 5.25. The van der Waals surface area contributed by atoms with Crippen LogP contribution in [0.2, 0.25) is 0 Å². The highest BCUT2D eigenvalue weighted by molar-refractivity contribution is 8.00. The van der Waals surface area contributed by atoms with Gasteiger partial charge in [0.05, 0.1) is 0 Å². The molecule has 39 valence electrons. The molecule has 0 saturated heterocycles. The summed E-state index contributed by atoms with van der Waals surface area (Å²) in [6.07, 6.45) is 1.89. The Labute approximate surface area is 52.5 Å². The lowest BCUT2D eigenvalue weighted by atomic mass is 11.0. The molecule has 0 spiro atoms. The van der Waals surface area contributed by atoms with Gasteiger partial charge in [0.1, 0.15) is 5.88 Å². The van der Waals surface area contributed by atoms with Crippen LogP contribution in [0.3, 0.4) is 0 Å². The lowest BCUT2D eigenvalue weighted by Gasteiger charge is -2.07. The van der Waals surface area contributed by atoms with E-state index in [1.165, 1.54) is 11.9 Å². The summed E-state index contributed by atoms with van der Waals surface area (Å²) in [6.45, 7) is 0. The molecule has 0 amide bonds. The van der Waals surface area contributed by atoms with Gasteiger partial charge in [0.2, 0.25) is 0 Å². The van der Waals surface area contributed by atoms with Gasteiger partial charge < -0.3 is 0 Å². The van der Waals surface area contributed by atoms with Gasteiger partial charge in [0, 0.05) is 11.6 Å². The fraction of sp³-hybridized carbons (Fsp3) is 0. The van der Waals surface area contributed by atoms with Crippen molar-refractivity contribution < 1.29 is 0 Å². The number of hydrogen-bond donors (Lipinski definition) is 2. The molecule has 7 heavy (non-hydrogen) atoms. The van der Waals surface area contributed by atoms with Crippen molar-refractivity contribution in [1.29, 1.82) is 0 Å². The Hall–Kier alpha value is 0.200. The second kappa shape index (κ2) is 2.49. The van der Waals surface area contributed by atoms with Gasteiger partial charge >= 0.3 is 0 Å². The lowest BCUT2D eigenvalue weighted by molar-refractivity contribution is 0.479. The van der Waals surface area contributed by atoms with Crippen molar-refractivity contribution in [3.8, 4) is 0 Å². The van der Waals surface area contributed by atoms with E-state index in [-0.39, 0.29) is 0 Å². The first-order chi connectivity index (χ1) is 3.43. The fourth-order valence-electron chi connectivity index (χ4n) is 0.280. The third kappa shape index (κ3) is 1.29. The number of hydrazine groups is 1. The summed E-state index contributed by atoms with van der Waals surface area (Å²) in [5.41, 5.74) is 0. The number of hydrogen-bond acceptors (Lipinski definition) is 4. The van der Waals surface area contributed by atoms with Crippen molar-refractivity contribution >= 4 is 24.6 Å². The zero-order chi connectivity index (χ0) is 5.11. The summed E-state index contributed by atoms with van der Waals surface area (Å²) in [7, 11) is 0. The SMILES string of the molecule is S[CH]N1C=CSN1. The maximum Gasteiger partial charge on any atom is 0.119 e. The molecule has 2 nitrogen and oxygen atoms in total. The van der Waals surface area contributed by atoms with Gasteiger partial charge in [-0.05, 0) is 11.9 Å². The third-order valence-corrected chi connectivity index (χ3v) is 1.39. The quantitative estimate of drug-likeness (QED) is 0.410. The van der Waals surface area contributed by atoms with Crippen LogP contribution in [0.4, 0.5) is 0 Å². The van der Waals surface area contributed by atoms with Crippen molar-refractivity contribution in [2.24, 2.45) is 0 Å². The maximum absolute atomic E-state index is 3.89. The lowest BCUT2D eigenvalue weighted by Crippen LogP contribution is -2.17. The molecule has 0 atom stereocenters. The van der Waals surface area contributed by atoms with Gasteiger partial charge in [0.25, 0.3) is 0 Å². The standard InChI is InChI=1S/C3H5N2S2/c6-3-5-1-2-7-4-5/h1-4,6H. The van der Waals surface area contributed by atoms with E-state index in [9.17, 15) is 0 Å². The van der Waals surface area contributed by atoms with E-state index < -0.39 is 0 Å². The molecule has 1 heterocycles.